The van der Waals surface area contributed by atoms with Crippen molar-refractivity contribution < 1.29 is 4.79 Å². The molecule has 2 bridgehead atoms. The minimum atomic E-state index is -0.311. The average molecular weight is 305 g/mol. The number of hydrogen-bond acceptors (Lipinski definition) is 2. The molecule has 4 heteroatoms. The molecule has 1 aliphatic carbocycles. The smallest absolute Gasteiger partial charge is 0.230 e. The summed E-state index contributed by atoms with van der Waals surface area (Å²) in [6, 6.07) is 9.34. The molecule has 112 valence electrons. The standard InChI is InChI=1S/C17H21ClN2O/c18-12-3-1-2-11(8-12)17(6-7-17)16(21)20-15-9-13-4-5-14(10-15)19-13/h1-3,8,13-15,19H,4-7,9-10H2,(H,20,21). The maximum atomic E-state index is 12.8. The third kappa shape index (κ3) is 2.47. The molecule has 0 radical (unpaired) electrons. The highest BCUT2D eigenvalue weighted by Crippen LogP contribution is 2.49. The van der Waals surface area contributed by atoms with Crippen LogP contribution in [0, 0.1) is 0 Å². The molecule has 1 saturated carbocycles. The molecule has 2 aliphatic heterocycles. The van der Waals surface area contributed by atoms with E-state index < -0.39 is 0 Å². The zero-order valence-corrected chi connectivity index (χ0v) is 12.8. The number of halogens is 1. The van der Waals surface area contributed by atoms with E-state index in [1.165, 1.54) is 12.8 Å². The lowest BCUT2D eigenvalue weighted by molar-refractivity contribution is -0.124. The van der Waals surface area contributed by atoms with Gasteiger partial charge in [-0.2, -0.15) is 0 Å². The molecule has 2 N–H and O–H groups in total. The summed E-state index contributed by atoms with van der Waals surface area (Å²) in [6.45, 7) is 0. The topological polar surface area (TPSA) is 41.1 Å². The molecular weight excluding hydrogens is 284 g/mol. The maximum Gasteiger partial charge on any atom is 0.230 e. The Hall–Kier alpha value is -1.06. The highest BCUT2D eigenvalue weighted by atomic mass is 35.5. The number of nitrogens with one attached hydrogen (secondary N) is 2. The third-order valence-electron chi connectivity index (χ3n) is 5.37. The number of benzene rings is 1. The number of piperidine rings is 1. The van der Waals surface area contributed by atoms with Crippen LogP contribution >= 0.6 is 11.6 Å². The van der Waals surface area contributed by atoms with Gasteiger partial charge in [-0.25, -0.2) is 0 Å². The molecule has 3 fully saturated rings. The second-order valence-electron chi connectivity index (χ2n) is 6.87. The zero-order chi connectivity index (χ0) is 14.4. The van der Waals surface area contributed by atoms with Crippen molar-refractivity contribution in [2.75, 3.05) is 0 Å². The van der Waals surface area contributed by atoms with Gasteiger partial charge in [-0.15, -0.1) is 0 Å². The van der Waals surface area contributed by atoms with Gasteiger partial charge < -0.3 is 10.6 Å². The Morgan fingerprint density at radius 2 is 1.95 bits per heavy atom. The van der Waals surface area contributed by atoms with Gasteiger partial charge in [0.15, 0.2) is 0 Å². The monoisotopic (exact) mass is 304 g/mol. The zero-order valence-electron chi connectivity index (χ0n) is 12.1. The van der Waals surface area contributed by atoms with E-state index in [2.05, 4.69) is 10.6 Å². The Kier molecular flexibility index (Phi) is 3.23. The van der Waals surface area contributed by atoms with Crippen LogP contribution < -0.4 is 10.6 Å². The van der Waals surface area contributed by atoms with Gasteiger partial charge in [-0.3, -0.25) is 4.79 Å². The van der Waals surface area contributed by atoms with Crippen molar-refractivity contribution in [1.82, 2.24) is 10.6 Å². The molecule has 2 atom stereocenters. The summed E-state index contributed by atoms with van der Waals surface area (Å²) in [6.07, 6.45) is 6.56. The van der Waals surface area contributed by atoms with Gasteiger partial charge in [0.1, 0.15) is 0 Å². The van der Waals surface area contributed by atoms with Crippen LogP contribution in [0.5, 0.6) is 0 Å². The number of amides is 1. The molecule has 3 aliphatic rings. The summed E-state index contributed by atoms with van der Waals surface area (Å²) in [5.41, 5.74) is 0.763. The van der Waals surface area contributed by atoms with Gasteiger partial charge in [-0.05, 0) is 56.2 Å². The fourth-order valence-corrected chi connectivity index (χ4v) is 4.25. The molecule has 21 heavy (non-hydrogen) atoms. The first-order chi connectivity index (χ1) is 10.2. The number of rotatable bonds is 3. The van der Waals surface area contributed by atoms with Gasteiger partial charge >= 0.3 is 0 Å². The van der Waals surface area contributed by atoms with Crippen molar-refractivity contribution in [1.29, 1.82) is 0 Å². The predicted molar refractivity (Wildman–Crippen MR) is 83.5 cm³/mol. The predicted octanol–water partition coefficient (Wildman–Crippen LogP) is 2.77. The van der Waals surface area contributed by atoms with Gasteiger partial charge in [0.05, 0.1) is 5.41 Å². The van der Waals surface area contributed by atoms with Crippen LogP contribution in [0.15, 0.2) is 24.3 Å². The molecule has 2 heterocycles. The number of carbonyl (C=O) groups is 1. The quantitative estimate of drug-likeness (QED) is 0.901. The Balaban J connectivity index is 1.47. The van der Waals surface area contributed by atoms with E-state index in [1.807, 2.05) is 24.3 Å². The van der Waals surface area contributed by atoms with Gasteiger partial charge in [0.2, 0.25) is 5.91 Å². The van der Waals surface area contributed by atoms with Crippen LogP contribution in [0.4, 0.5) is 0 Å². The molecule has 2 unspecified atom stereocenters. The summed E-state index contributed by atoms with van der Waals surface area (Å²) >= 11 is 6.08. The van der Waals surface area contributed by atoms with Crippen molar-refractivity contribution in [2.45, 2.75) is 62.1 Å². The molecule has 0 spiro atoms. The SMILES string of the molecule is O=C(NC1CC2CCC(C1)N2)C1(c2cccc(Cl)c2)CC1. The molecule has 4 rings (SSSR count). The van der Waals surface area contributed by atoms with E-state index in [9.17, 15) is 4.79 Å². The van der Waals surface area contributed by atoms with Crippen molar-refractivity contribution in [2.24, 2.45) is 0 Å². The Labute approximate surface area is 130 Å². The van der Waals surface area contributed by atoms with Crippen LogP contribution in [0.3, 0.4) is 0 Å². The molecule has 0 aromatic heterocycles. The number of hydrogen-bond donors (Lipinski definition) is 2. The van der Waals surface area contributed by atoms with E-state index >= 15 is 0 Å². The molecule has 3 nitrogen and oxygen atoms in total. The molecule has 1 aromatic rings. The highest BCUT2D eigenvalue weighted by molar-refractivity contribution is 6.30. The van der Waals surface area contributed by atoms with Crippen LogP contribution in [0.2, 0.25) is 5.02 Å². The minimum Gasteiger partial charge on any atom is -0.352 e. The molecule has 1 amide bonds. The summed E-state index contributed by atoms with van der Waals surface area (Å²) in [4.78, 5) is 12.8. The van der Waals surface area contributed by atoms with E-state index in [1.54, 1.807) is 0 Å². The number of carbonyl (C=O) groups excluding carboxylic acids is 1. The summed E-state index contributed by atoms with van der Waals surface area (Å²) in [7, 11) is 0. The van der Waals surface area contributed by atoms with Gasteiger partial charge in [-0.1, -0.05) is 23.7 Å². The second kappa shape index (κ2) is 4.99. The van der Waals surface area contributed by atoms with Crippen LogP contribution in [0.25, 0.3) is 0 Å². The number of fused-ring (bicyclic) bond motifs is 2. The van der Waals surface area contributed by atoms with Gasteiger partial charge in [0.25, 0.3) is 0 Å². The fraction of sp³-hybridized carbons (Fsp3) is 0.588. The van der Waals surface area contributed by atoms with Crippen LogP contribution in [-0.2, 0) is 10.2 Å². The van der Waals surface area contributed by atoms with Crippen molar-refractivity contribution in [3.63, 3.8) is 0 Å². The first-order valence-electron chi connectivity index (χ1n) is 7.99. The first kappa shape index (κ1) is 13.6. The minimum absolute atomic E-state index is 0.205. The maximum absolute atomic E-state index is 12.8. The Bertz CT molecular complexity index is 558. The van der Waals surface area contributed by atoms with Crippen molar-refractivity contribution in [3.05, 3.63) is 34.9 Å². The Morgan fingerprint density at radius 1 is 1.24 bits per heavy atom. The van der Waals surface area contributed by atoms with E-state index in [4.69, 9.17) is 11.6 Å². The second-order valence-corrected chi connectivity index (χ2v) is 7.31. The third-order valence-corrected chi connectivity index (χ3v) is 5.61. The first-order valence-corrected chi connectivity index (χ1v) is 8.37. The Morgan fingerprint density at radius 3 is 2.57 bits per heavy atom. The lowest BCUT2D eigenvalue weighted by Crippen LogP contribution is -2.50. The summed E-state index contributed by atoms with van der Waals surface area (Å²) in [5.74, 6) is 0.205. The molecule has 2 saturated heterocycles. The highest BCUT2D eigenvalue weighted by Gasteiger charge is 2.52. The fourth-order valence-electron chi connectivity index (χ4n) is 4.06. The van der Waals surface area contributed by atoms with Crippen molar-refractivity contribution in [3.8, 4) is 0 Å². The lowest BCUT2D eigenvalue weighted by atomic mass is 9.93. The summed E-state index contributed by atoms with van der Waals surface area (Å²) < 4.78 is 0. The summed E-state index contributed by atoms with van der Waals surface area (Å²) in [5, 5.41) is 7.65. The molecular formula is C17H21ClN2O. The van der Waals surface area contributed by atoms with Crippen LogP contribution in [-0.4, -0.2) is 24.0 Å². The van der Waals surface area contributed by atoms with Crippen LogP contribution in [0.1, 0.15) is 44.1 Å². The van der Waals surface area contributed by atoms with E-state index in [0.29, 0.717) is 23.1 Å². The van der Waals surface area contributed by atoms with E-state index in [-0.39, 0.29) is 11.3 Å². The van der Waals surface area contributed by atoms with Gasteiger partial charge in [0, 0.05) is 23.1 Å². The lowest BCUT2D eigenvalue weighted by Gasteiger charge is -2.31. The largest absolute Gasteiger partial charge is 0.352 e. The van der Waals surface area contributed by atoms with E-state index in [0.717, 1.165) is 31.2 Å². The normalized spacial score (nSPS) is 32.7. The molecule has 1 aromatic carbocycles. The average Bonchev–Trinajstić information content (AvgIpc) is 3.21. The van der Waals surface area contributed by atoms with Crippen molar-refractivity contribution >= 4 is 17.5 Å².